The molecule has 2 N–H and O–H groups in total. The van der Waals surface area contributed by atoms with Crippen LogP contribution in [0.15, 0.2) is 6.07 Å². The van der Waals surface area contributed by atoms with Crippen molar-refractivity contribution in [3.05, 3.63) is 16.5 Å². The van der Waals surface area contributed by atoms with Gasteiger partial charge in [0, 0.05) is 4.88 Å². The van der Waals surface area contributed by atoms with Gasteiger partial charge in [0.15, 0.2) is 0 Å². The van der Waals surface area contributed by atoms with Gasteiger partial charge in [-0.3, -0.25) is 14.5 Å². The Hall–Kier alpha value is -2.42. The third-order valence-electron chi connectivity index (χ3n) is 5.81. The molecule has 1 aromatic rings. The van der Waals surface area contributed by atoms with E-state index in [2.05, 4.69) is 31.4 Å². The molecule has 0 radical (unpaired) electrons. The number of imide groups is 1. The Bertz CT molecular complexity index is 909. The number of aryl methyl sites for hydroxylation is 1. The van der Waals surface area contributed by atoms with Gasteiger partial charge >= 0.3 is 12.0 Å². The first-order valence-corrected chi connectivity index (χ1v) is 11.6. The van der Waals surface area contributed by atoms with E-state index < -0.39 is 30.0 Å². The van der Waals surface area contributed by atoms with E-state index in [4.69, 9.17) is 4.74 Å². The molecule has 8 nitrogen and oxygen atoms in total. The molecule has 31 heavy (non-hydrogen) atoms. The predicted octanol–water partition coefficient (Wildman–Crippen LogP) is 3.56. The lowest BCUT2D eigenvalue weighted by molar-refractivity contribution is -0.136. The van der Waals surface area contributed by atoms with Gasteiger partial charge in [-0.15, -0.1) is 11.3 Å². The van der Waals surface area contributed by atoms with E-state index in [1.165, 1.54) is 11.3 Å². The topological polar surface area (TPSA) is 105 Å². The Morgan fingerprint density at radius 2 is 2.00 bits per heavy atom. The van der Waals surface area contributed by atoms with Crippen LogP contribution in [-0.4, -0.2) is 47.4 Å². The fraction of sp³-hybridized carbons (Fsp3) is 0.636. The Morgan fingerprint density at radius 3 is 2.61 bits per heavy atom. The van der Waals surface area contributed by atoms with Crippen LogP contribution >= 0.6 is 11.3 Å². The monoisotopic (exact) mass is 449 g/mol. The summed E-state index contributed by atoms with van der Waals surface area (Å²) in [6, 6.07) is 1.16. The van der Waals surface area contributed by atoms with Crippen LogP contribution in [0.3, 0.4) is 0 Å². The summed E-state index contributed by atoms with van der Waals surface area (Å²) in [5.74, 6) is -1.11. The van der Waals surface area contributed by atoms with Gasteiger partial charge in [-0.05, 0) is 50.0 Å². The van der Waals surface area contributed by atoms with Gasteiger partial charge in [-0.2, -0.15) is 0 Å². The minimum atomic E-state index is -0.951. The number of carbonyl (C=O) groups excluding carboxylic acids is 4. The molecule has 0 aromatic carbocycles. The molecule has 1 spiro atoms. The highest BCUT2D eigenvalue weighted by Crippen LogP contribution is 2.46. The van der Waals surface area contributed by atoms with Crippen molar-refractivity contribution in [3.8, 4) is 0 Å². The molecule has 1 saturated carbocycles. The van der Waals surface area contributed by atoms with Crippen LogP contribution in [0.2, 0.25) is 0 Å². The van der Waals surface area contributed by atoms with E-state index in [9.17, 15) is 19.2 Å². The summed E-state index contributed by atoms with van der Waals surface area (Å²) in [5.41, 5.74) is -0.748. The Kier molecular flexibility index (Phi) is 6.45. The number of hydrogen-bond acceptors (Lipinski definition) is 6. The van der Waals surface area contributed by atoms with Crippen molar-refractivity contribution in [3.63, 3.8) is 0 Å². The molecular formula is C22H31N3O5S. The number of thiophene rings is 1. The van der Waals surface area contributed by atoms with Crippen molar-refractivity contribution in [2.45, 2.75) is 65.8 Å². The zero-order chi connectivity index (χ0) is 23.0. The zero-order valence-corrected chi connectivity index (χ0v) is 19.6. The average Bonchev–Trinajstić information content (AvgIpc) is 3.14. The standard InChI is InChI=1S/C22H31N3O5S/c1-6-14-8-15(18(27)30-7-2)17(31-14)23-16(26)11-25-19(28)22(24-20(25)29)10-13(3)9-21(4,5)12-22/h8,13H,6-7,9-12H2,1-5H3,(H,23,26)(H,24,29). The van der Waals surface area contributed by atoms with Crippen molar-refractivity contribution < 1.29 is 23.9 Å². The number of hydrogen-bond donors (Lipinski definition) is 2. The number of urea groups is 1. The number of amides is 4. The van der Waals surface area contributed by atoms with Crippen molar-refractivity contribution >= 4 is 40.2 Å². The third kappa shape index (κ3) is 4.76. The van der Waals surface area contributed by atoms with Crippen LogP contribution in [0.5, 0.6) is 0 Å². The van der Waals surface area contributed by atoms with Crippen LogP contribution in [0.25, 0.3) is 0 Å². The Labute approximate surface area is 186 Å². The average molecular weight is 450 g/mol. The quantitative estimate of drug-likeness (QED) is 0.510. The molecule has 2 fully saturated rings. The minimum absolute atomic E-state index is 0.0824. The summed E-state index contributed by atoms with van der Waals surface area (Å²) in [7, 11) is 0. The smallest absolute Gasteiger partial charge is 0.341 e. The first-order chi connectivity index (χ1) is 14.5. The first kappa shape index (κ1) is 23.2. The van der Waals surface area contributed by atoms with E-state index in [1.54, 1.807) is 13.0 Å². The minimum Gasteiger partial charge on any atom is -0.462 e. The zero-order valence-electron chi connectivity index (χ0n) is 18.8. The summed E-state index contributed by atoms with van der Waals surface area (Å²) in [6.07, 6.45) is 2.80. The molecule has 2 heterocycles. The fourth-order valence-electron chi connectivity index (χ4n) is 5.03. The molecule has 170 valence electrons. The molecule has 2 atom stereocenters. The number of carbonyl (C=O) groups is 4. The van der Waals surface area contributed by atoms with E-state index in [-0.39, 0.29) is 29.4 Å². The van der Waals surface area contributed by atoms with Gasteiger partial charge in [0.25, 0.3) is 5.91 Å². The maximum Gasteiger partial charge on any atom is 0.341 e. The van der Waals surface area contributed by atoms with Crippen LogP contribution < -0.4 is 10.6 Å². The van der Waals surface area contributed by atoms with Crippen molar-refractivity contribution in [2.24, 2.45) is 11.3 Å². The Balaban J connectivity index is 1.74. The molecule has 2 aliphatic rings. The largest absolute Gasteiger partial charge is 0.462 e. The lowest BCUT2D eigenvalue weighted by Crippen LogP contribution is -2.54. The van der Waals surface area contributed by atoms with Crippen LogP contribution in [0.1, 0.15) is 69.1 Å². The van der Waals surface area contributed by atoms with Gasteiger partial charge in [-0.1, -0.05) is 27.7 Å². The number of ether oxygens (including phenoxy) is 1. The molecule has 9 heteroatoms. The molecule has 3 rings (SSSR count). The molecule has 1 aromatic heterocycles. The van der Waals surface area contributed by atoms with Crippen LogP contribution in [0.4, 0.5) is 9.80 Å². The van der Waals surface area contributed by atoms with Crippen LogP contribution in [-0.2, 0) is 20.7 Å². The van der Waals surface area contributed by atoms with Crippen LogP contribution in [0, 0.1) is 11.3 Å². The second-order valence-electron chi connectivity index (χ2n) is 9.34. The van der Waals surface area contributed by atoms with Gasteiger partial charge < -0.3 is 15.4 Å². The number of esters is 1. The summed E-state index contributed by atoms with van der Waals surface area (Å²) in [5, 5.41) is 5.93. The summed E-state index contributed by atoms with van der Waals surface area (Å²) in [6.45, 7) is 9.76. The summed E-state index contributed by atoms with van der Waals surface area (Å²) >= 11 is 1.29. The highest BCUT2D eigenvalue weighted by Gasteiger charge is 2.56. The second kappa shape index (κ2) is 8.61. The number of nitrogens with one attached hydrogen (secondary N) is 2. The SMILES string of the molecule is CCOC(=O)c1cc(CC)sc1NC(=O)CN1C(=O)NC2(CC(C)CC(C)(C)C2)C1=O. The molecular weight excluding hydrogens is 418 g/mol. The molecule has 0 bridgehead atoms. The summed E-state index contributed by atoms with van der Waals surface area (Å²) in [4.78, 5) is 52.7. The molecule has 4 amide bonds. The van der Waals surface area contributed by atoms with E-state index >= 15 is 0 Å². The van der Waals surface area contributed by atoms with Crippen molar-refractivity contribution in [1.29, 1.82) is 0 Å². The maximum atomic E-state index is 13.2. The van der Waals surface area contributed by atoms with E-state index in [1.807, 2.05) is 6.92 Å². The van der Waals surface area contributed by atoms with Gasteiger partial charge in [0.1, 0.15) is 17.1 Å². The molecule has 2 unspecified atom stereocenters. The predicted molar refractivity (Wildman–Crippen MR) is 118 cm³/mol. The number of nitrogens with zero attached hydrogens (tertiary/aromatic N) is 1. The summed E-state index contributed by atoms with van der Waals surface area (Å²) < 4.78 is 5.07. The number of rotatable bonds is 6. The highest BCUT2D eigenvalue weighted by molar-refractivity contribution is 7.16. The molecule has 1 aliphatic heterocycles. The van der Waals surface area contributed by atoms with E-state index in [0.29, 0.717) is 24.3 Å². The van der Waals surface area contributed by atoms with E-state index in [0.717, 1.165) is 16.2 Å². The lowest BCUT2D eigenvalue weighted by Gasteiger charge is -2.43. The number of anilines is 1. The molecule has 1 aliphatic carbocycles. The fourth-order valence-corrected chi connectivity index (χ4v) is 6.03. The second-order valence-corrected chi connectivity index (χ2v) is 10.5. The highest BCUT2D eigenvalue weighted by atomic mass is 32.1. The first-order valence-electron chi connectivity index (χ1n) is 10.7. The Morgan fingerprint density at radius 1 is 1.29 bits per heavy atom. The van der Waals surface area contributed by atoms with Gasteiger partial charge in [-0.25, -0.2) is 9.59 Å². The lowest BCUT2D eigenvalue weighted by atomic mass is 9.64. The van der Waals surface area contributed by atoms with Gasteiger partial charge in [0.05, 0.1) is 12.2 Å². The van der Waals surface area contributed by atoms with Crippen molar-refractivity contribution in [1.82, 2.24) is 10.2 Å². The normalized spacial score (nSPS) is 24.9. The molecule has 1 saturated heterocycles. The van der Waals surface area contributed by atoms with Gasteiger partial charge in [0.2, 0.25) is 5.91 Å². The van der Waals surface area contributed by atoms with Crippen molar-refractivity contribution in [2.75, 3.05) is 18.5 Å². The third-order valence-corrected chi connectivity index (χ3v) is 7.00. The maximum absolute atomic E-state index is 13.2.